The molecule has 0 aromatic heterocycles. The lowest BCUT2D eigenvalue weighted by atomic mass is 9.94. The fourth-order valence-electron chi connectivity index (χ4n) is 4.74. The Balaban J connectivity index is 1.38. The summed E-state index contributed by atoms with van der Waals surface area (Å²) in [5.41, 5.74) is 2.71. The van der Waals surface area contributed by atoms with Crippen molar-refractivity contribution in [2.75, 3.05) is 11.9 Å². The maximum atomic E-state index is 11.1. The summed E-state index contributed by atoms with van der Waals surface area (Å²) in [7, 11) is 0. The van der Waals surface area contributed by atoms with Gasteiger partial charge in [0.25, 0.3) is 0 Å². The molecule has 0 bridgehead atoms. The molecule has 30 heavy (non-hydrogen) atoms. The molecule has 1 heterocycles. The van der Waals surface area contributed by atoms with E-state index >= 15 is 0 Å². The summed E-state index contributed by atoms with van der Waals surface area (Å²) >= 11 is 0. The summed E-state index contributed by atoms with van der Waals surface area (Å²) < 4.78 is 0. The lowest BCUT2D eigenvalue weighted by Gasteiger charge is -2.10. The molecule has 0 saturated heterocycles. The lowest BCUT2D eigenvalue weighted by Crippen LogP contribution is -2.01. The smallest absolute Gasteiger partial charge is 0.335 e. The van der Waals surface area contributed by atoms with Crippen LogP contribution in [-0.4, -0.2) is 17.6 Å². The minimum absolute atomic E-state index is 0.379. The fraction of sp³-hybridized carbons (Fsp3) is 0.741. The van der Waals surface area contributed by atoms with Gasteiger partial charge in [-0.15, -0.1) is 0 Å². The van der Waals surface area contributed by atoms with E-state index in [1.165, 1.54) is 115 Å². The topological polar surface area (TPSA) is 49.3 Å². The first-order valence-electron chi connectivity index (χ1n) is 12.8. The Morgan fingerprint density at radius 1 is 0.833 bits per heavy atom. The number of unbranched alkanes of at least 4 members (excludes halogenated alkanes) is 15. The number of nitrogens with one attached hydrogen (secondary N) is 1. The van der Waals surface area contributed by atoms with Crippen molar-refractivity contribution in [3.05, 3.63) is 29.3 Å². The molecule has 0 aliphatic carbocycles. The number of hydrogen-bond donors (Lipinski definition) is 2. The molecule has 0 saturated carbocycles. The number of carboxylic acids is 1. The zero-order valence-corrected chi connectivity index (χ0v) is 19.4. The quantitative estimate of drug-likeness (QED) is 0.236. The van der Waals surface area contributed by atoms with Crippen LogP contribution in [0.15, 0.2) is 18.2 Å². The van der Waals surface area contributed by atoms with Crippen molar-refractivity contribution in [2.45, 2.75) is 122 Å². The van der Waals surface area contributed by atoms with Crippen LogP contribution in [-0.2, 0) is 0 Å². The number of carbonyl (C=O) groups is 1. The molecule has 2 rings (SSSR count). The van der Waals surface area contributed by atoms with Crippen LogP contribution in [0.4, 0.5) is 5.69 Å². The Hall–Kier alpha value is -1.51. The number of aromatic carboxylic acids is 1. The van der Waals surface area contributed by atoms with Gasteiger partial charge in [-0.05, 0) is 24.1 Å². The number of hydrogen-bond acceptors (Lipinski definition) is 2. The van der Waals surface area contributed by atoms with Crippen LogP contribution in [0, 0.1) is 0 Å². The van der Waals surface area contributed by atoms with Crippen molar-refractivity contribution in [3.63, 3.8) is 0 Å². The summed E-state index contributed by atoms with van der Waals surface area (Å²) in [6, 6.07) is 5.54. The Kier molecular flexibility index (Phi) is 12.6. The average Bonchev–Trinajstić information content (AvgIpc) is 3.15. The average molecular weight is 416 g/mol. The molecule has 3 heteroatoms. The van der Waals surface area contributed by atoms with Gasteiger partial charge in [0.1, 0.15) is 0 Å². The molecule has 1 aromatic rings. The van der Waals surface area contributed by atoms with Crippen LogP contribution in [0.2, 0.25) is 0 Å². The fourth-order valence-corrected chi connectivity index (χ4v) is 4.74. The van der Waals surface area contributed by atoms with Crippen molar-refractivity contribution in [3.8, 4) is 0 Å². The van der Waals surface area contributed by atoms with Crippen molar-refractivity contribution in [2.24, 2.45) is 0 Å². The second-order valence-electron chi connectivity index (χ2n) is 9.28. The normalized spacial score (nSPS) is 15.2. The first kappa shape index (κ1) is 24.8. The van der Waals surface area contributed by atoms with Gasteiger partial charge in [0.2, 0.25) is 0 Å². The van der Waals surface area contributed by atoms with E-state index < -0.39 is 5.97 Å². The van der Waals surface area contributed by atoms with Crippen molar-refractivity contribution >= 4 is 11.7 Å². The maximum Gasteiger partial charge on any atom is 0.335 e. The summed E-state index contributed by atoms with van der Waals surface area (Å²) in [5.74, 6) is -0.296. The third-order valence-electron chi connectivity index (χ3n) is 6.69. The molecule has 0 unspecified atom stereocenters. The summed E-state index contributed by atoms with van der Waals surface area (Å²) in [5, 5.41) is 12.5. The first-order valence-corrected chi connectivity index (χ1v) is 12.8. The lowest BCUT2D eigenvalue weighted by molar-refractivity contribution is 0.0697. The predicted octanol–water partition coefficient (Wildman–Crippen LogP) is 8.55. The second-order valence-corrected chi connectivity index (χ2v) is 9.28. The Bertz CT molecular complexity index is 599. The summed E-state index contributed by atoms with van der Waals surface area (Å²) in [4.78, 5) is 11.1. The standard InChI is InChI=1S/C27H45NO2/c1-2-3-4-5-6-7-8-9-10-11-12-13-14-15-16-17-18-24-22-28-26-21-23(27(29)30)19-20-25(24)26/h19-21,24,28H,2-18,22H2,1H3,(H,29,30)/t24-/m1/s1. The molecule has 0 spiro atoms. The molecule has 0 fully saturated rings. The number of carboxylic acid groups (broad SMARTS) is 1. The summed E-state index contributed by atoms with van der Waals surface area (Å²) in [6.07, 6.45) is 23.7. The zero-order chi connectivity index (χ0) is 21.4. The van der Waals surface area contributed by atoms with Crippen LogP contribution in [0.3, 0.4) is 0 Å². The van der Waals surface area contributed by atoms with E-state index in [-0.39, 0.29) is 0 Å². The first-order chi connectivity index (χ1) is 14.7. The van der Waals surface area contributed by atoms with E-state index in [2.05, 4.69) is 12.2 Å². The van der Waals surface area contributed by atoms with Crippen LogP contribution in [0.1, 0.15) is 138 Å². The highest BCUT2D eigenvalue weighted by Crippen LogP contribution is 2.35. The molecule has 2 N–H and O–H groups in total. The Labute approximate surface area is 185 Å². The van der Waals surface area contributed by atoms with Crippen molar-refractivity contribution in [1.82, 2.24) is 0 Å². The molecule has 1 atom stereocenters. The molecular formula is C27H45NO2. The largest absolute Gasteiger partial charge is 0.478 e. The molecule has 1 aliphatic heterocycles. The van der Waals surface area contributed by atoms with Gasteiger partial charge in [0.15, 0.2) is 0 Å². The maximum absolute atomic E-state index is 11.1. The number of anilines is 1. The van der Waals surface area contributed by atoms with Gasteiger partial charge < -0.3 is 10.4 Å². The molecular weight excluding hydrogens is 370 g/mol. The summed E-state index contributed by atoms with van der Waals surface area (Å²) in [6.45, 7) is 3.24. The number of rotatable bonds is 18. The van der Waals surface area contributed by atoms with Crippen molar-refractivity contribution in [1.29, 1.82) is 0 Å². The Morgan fingerprint density at radius 3 is 1.83 bits per heavy atom. The van der Waals surface area contributed by atoms with E-state index in [1.54, 1.807) is 12.1 Å². The van der Waals surface area contributed by atoms with E-state index in [0.29, 0.717) is 11.5 Å². The van der Waals surface area contributed by atoms with E-state index in [0.717, 1.165) is 12.2 Å². The van der Waals surface area contributed by atoms with Crippen LogP contribution in [0.25, 0.3) is 0 Å². The van der Waals surface area contributed by atoms with E-state index in [9.17, 15) is 4.79 Å². The molecule has 1 aromatic carbocycles. The van der Waals surface area contributed by atoms with E-state index in [1.807, 2.05) is 6.07 Å². The molecule has 0 radical (unpaired) electrons. The van der Waals surface area contributed by atoms with Gasteiger partial charge in [-0.3, -0.25) is 0 Å². The van der Waals surface area contributed by atoms with Crippen LogP contribution < -0.4 is 5.32 Å². The highest BCUT2D eigenvalue weighted by atomic mass is 16.4. The second kappa shape index (κ2) is 15.3. The van der Waals surface area contributed by atoms with Crippen LogP contribution in [0.5, 0.6) is 0 Å². The molecule has 170 valence electrons. The highest BCUT2D eigenvalue weighted by molar-refractivity contribution is 5.89. The van der Waals surface area contributed by atoms with Gasteiger partial charge in [-0.25, -0.2) is 4.79 Å². The van der Waals surface area contributed by atoms with Gasteiger partial charge in [-0.1, -0.05) is 116 Å². The van der Waals surface area contributed by atoms with E-state index in [4.69, 9.17) is 5.11 Å². The predicted molar refractivity (Wildman–Crippen MR) is 129 cm³/mol. The third kappa shape index (κ3) is 9.53. The van der Waals surface area contributed by atoms with Crippen LogP contribution >= 0.6 is 0 Å². The minimum Gasteiger partial charge on any atom is -0.478 e. The SMILES string of the molecule is CCCCCCCCCCCCCCCCCC[C@@H]1CNc2cc(C(=O)O)ccc21. The molecule has 0 amide bonds. The Morgan fingerprint density at radius 2 is 1.33 bits per heavy atom. The van der Waals surface area contributed by atoms with Gasteiger partial charge >= 0.3 is 5.97 Å². The van der Waals surface area contributed by atoms with Gasteiger partial charge in [0.05, 0.1) is 5.56 Å². The zero-order valence-electron chi connectivity index (χ0n) is 19.4. The minimum atomic E-state index is -0.846. The number of benzene rings is 1. The van der Waals surface area contributed by atoms with Gasteiger partial charge in [0, 0.05) is 18.2 Å². The molecule has 3 nitrogen and oxygen atoms in total. The monoisotopic (exact) mass is 415 g/mol. The number of fused-ring (bicyclic) bond motifs is 1. The van der Waals surface area contributed by atoms with Gasteiger partial charge in [-0.2, -0.15) is 0 Å². The van der Waals surface area contributed by atoms with Crippen molar-refractivity contribution < 1.29 is 9.90 Å². The third-order valence-corrected chi connectivity index (χ3v) is 6.69. The molecule has 1 aliphatic rings. The highest BCUT2D eigenvalue weighted by Gasteiger charge is 2.22.